The number of imidazole rings is 1. The molecular weight excluding hydrogens is 270 g/mol. The molecule has 1 aliphatic rings. The van der Waals surface area contributed by atoms with E-state index in [1.165, 1.54) is 0 Å². The molecule has 1 N–H and O–H groups in total. The fourth-order valence-corrected chi connectivity index (χ4v) is 2.35. The van der Waals surface area contributed by atoms with Gasteiger partial charge in [0.05, 0.1) is 6.61 Å². The highest BCUT2D eigenvalue weighted by Gasteiger charge is 2.28. The average Bonchev–Trinajstić information content (AvgIpc) is 2.76. The van der Waals surface area contributed by atoms with Gasteiger partial charge in [-0.3, -0.25) is 9.20 Å². The summed E-state index contributed by atoms with van der Waals surface area (Å²) >= 11 is 0. The van der Waals surface area contributed by atoms with Gasteiger partial charge in [-0.2, -0.15) is 0 Å². The number of fused-ring (bicyclic) bond motifs is 1. The van der Waals surface area contributed by atoms with Gasteiger partial charge in [0.25, 0.3) is 0 Å². The molecule has 1 aliphatic carbocycles. The zero-order valence-electron chi connectivity index (χ0n) is 11.8. The van der Waals surface area contributed by atoms with Gasteiger partial charge in [0, 0.05) is 12.1 Å². The Morgan fingerprint density at radius 3 is 2.90 bits per heavy atom. The van der Waals surface area contributed by atoms with E-state index in [4.69, 9.17) is 4.74 Å². The molecule has 0 spiro atoms. The van der Waals surface area contributed by atoms with Crippen molar-refractivity contribution in [2.75, 3.05) is 11.9 Å². The predicted molar refractivity (Wildman–Crippen MR) is 77.1 cm³/mol. The van der Waals surface area contributed by atoms with Gasteiger partial charge in [0.15, 0.2) is 11.5 Å². The van der Waals surface area contributed by atoms with E-state index in [9.17, 15) is 9.59 Å². The number of carbonyl (C=O) groups excluding carboxylic acids is 2. The van der Waals surface area contributed by atoms with Crippen molar-refractivity contribution in [1.29, 1.82) is 0 Å². The van der Waals surface area contributed by atoms with Crippen LogP contribution < -0.4 is 5.32 Å². The third-order valence-electron chi connectivity index (χ3n) is 3.72. The number of esters is 1. The zero-order chi connectivity index (χ0) is 14.8. The number of carbonyl (C=O) groups is 2. The lowest BCUT2D eigenvalue weighted by Crippen LogP contribution is -2.29. The number of anilines is 1. The van der Waals surface area contributed by atoms with Crippen molar-refractivity contribution in [3.63, 3.8) is 0 Å². The summed E-state index contributed by atoms with van der Waals surface area (Å²) in [6.07, 6.45) is 4.64. The van der Waals surface area contributed by atoms with E-state index in [-0.39, 0.29) is 24.1 Å². The highest BCUT2D eigenvalue weighted by molar-refractivity contribution is 6.00. The van der Waals surface area contributed by atoms with E-state index in [0.717, 1.165) is 19.3 Å². The van der Waals surface area contributed by atoms with E-state index in [2.05, 4.69) is 10.3 Å². The van der Waals surface area contributed by atoms with Gasteiger partial charge in [0.2, 0.25) is 5.91 Å². The first-order valence-corrected chi connectivity index (χ1v) is 7.15. The average molecular weight is 287 g/mol. The Labute approximate surface area is 122 Å². The molecule has 3 rings (SSSR count). The highest BCUT2D eigenvalue weighted by atomic mass is 16.5. The molecule has 0 saturated heterocycles. The summed E-state index contributed by atoms with van der Waals surface area (Å²) in [5.41, 5.74) is 0.750. The smallest absolute Gasteiger partial charge is 0.360 e. The number of nitrogens with one attached hydrogen (secondary N) is 1. The topological polar surface area (TPSA) is 72.7 Å². The van der Waals surface area contributed by atoms with Crippen LogP contribution in [0, 0.1) is 5.92 Å². The van der Waals surface area contributed by atoms with Crippen molar-refractivity contribution < 1.29 is 14.3 Å². The summed E-state index contributed by atoms with van der Waals surface area (Å²) in [6, 6.07) is 5.43. The first kappa shape index (κ1) is 13.6. The summed E-state index contributed by atoms with van der Waals surface area (Å²) in [6.45, 7) is 2.00. The van der Waals surface area contributed by atoms with Gasteiger partial charge >= 0.3 is 5.97 Å². The lowest BCUT2D eigenvalue weighted by atomic mass is 9.85. The quantitative estimate of drug-likeness (QED) is 0.875. The first-order valence-electron chi connectivity index (χ1n) is 7.15. The van der Waals surface area contributed by atoms with Gasteiger partial charge in [-0.05, 0) is 31.9 Å². The van der Waals surface area contributed by atoms with Crippen LogP contribution in [0.4, 0.5) is 5.82 Å². The van der Waals surface area contributed by atoms with Crippen LogP contribution in [0.5, 0.6) is 0 Å². The first-order chi connectivity index (χ1) is 10.2. The van der Waals surface area contributed by atoms with Gasteiger partial charge in [-0.25, -0.2) is 9.78 Å². The Balaban J connectivity index is 1.98. The molecule has 0 radical (unpaired) electrons. The van der Waals surface area contributed by atoms with Gasteiger partial charge in [0.1, 0.15) is 5.65 Å². The van der Waals surface area contributed by atoms with Crippen molar-refractivity contribution in [2.45, 2.75) is 26.2 Å². The molecule has 2 aromatic rings. The lowest BCUT2D eigenvalue weighted by Gasteiger charge is -2.24. The summed E-state index contributed by atoms with van der Waals surface area (Å²) in [4.78, 5) is 28.4. The van der Waals surface area contributed by atoms with Crippen molar-refractivity contribution >= 4 is 23.3 Å². The molecule has 0 bridgehead atoms. The Kier molecular flexibility index (Phi) is 3.60. The molecule has 1 fully saturated rings. The maximum atomic E-state index is 12.2. The molecule has 0 atom stereocenters. The van der Waals surface area contributed by atoms with Crippen LogP contribution in [0.2, 0.25) is 0 Å². The lowest BCUT2D eigenvalue weighted by molar-refractivity contribution is -0.122. The number of nitrogens with zero attached hydrogens (tertiary/aromatic N) is 2. The van der Waals surface area contributed by atoms with Crippen LogP contribution in [0.3, 0.4) is 0 Å². The molecule has 2 heterocycles. The monoisotopic (exact) mass is 287 g/mol. The van der Waals surface area contributed by atoms with Crippen molar-refractivity contribution in [3.05, 3.63) is 30.1 Å². The van der Waals surface area contributed by atoms with E-state index < -0.39 is 5.97 Å². The number of hydrogen-bond donors (Lipinski definition) is 1. The molecule has 21 heavy (non-hydrogen) atoms. The van der Waals surface area contributed by atoms with Crippen molar-refractivity contribution in [2.24, 2.45) is 5.92 Å². The summed E-state index contributed by atoms with van der Waals surface area (Å²) in [5.74, 6) is -0.155. The van der Waals surface area contributed by atoms with Crippen LogP contribution in [-0.4, -0.2) is 27.9 Å². The standard InChI is InChI=1S/C15H17N3O3/c1-2-21-15(20)12-13(17-14(19)10-6-5-7-10)18-9-4-3-8-11(18)16-12/h3-4,8-10H,2,5-7H2,1H3,(H,17,19). The normalized spacial score (nSPS) is 14.7. The fraction of sp³-hybridized carbons (Fsp3) is 0.400. The highest BCUT2D eigenvalue weighted by Crippen LogP contribution is 2.28. The zero-order valence-corrected chi connectivity index (χ0v) is 11.8. The SMILES string of the molecule is CCOC(=O)c1nc2ccccn2c1NC(=O)C1CCC1. The third-order valence-corrected chi connectivity index (χ3v) is 3.72. The van der Waals surface area contributed by atoms with Gasteiger partial charge in [-0.1, -0.05) is 12.5 Å². The number of hydrogen-bond acceptors (Lipinski definition) is 4. The molecule has 6 nitrogen and oxygen atoms in total. The summed E-state index contributed by atoms with van der Waals surface area (Å²) in [7, 11) is 0. The maximum Gasteiger partial charge on any atom is 0.360 e. The van der Waals surface area contributed by atoms with Crippen LogP contribution in [-0.2, 0) is 9.53 Å². The third kappa shape index (κ3) is 2.49. The second-order valence-corrected chi connectivity index (χ2v) is 5.08. The van der Waals surface area contributed by atoms with Crippen molar-refractivity contribution in [3.8, 4) is 0 Å². The second kappa shape index (κ2) is 5.55. The molecule has 6 heteroatoms. The molecule has 110 valence electrons. The molecular formula is C15H17N3O3. The Morgan fingerprint density at radius 1 is 1.43 bits per heavy atom. The van der Waals surface area contributed by atoms with E-state index in [1.807, 2.05) is 12.1 Å². The van der Waals surface area contributed by atoms with Gasteiger partial charge in [-0.15, -0.1) is 0 Å². The van der Waals surface area contributed by atoms with E-state index in [0.29, 0.717) is 11.5 Å². The molecule has 2 aromatic heterocycles. The molecule has 1 saturated carbocycles. The Morgan fingerprint density at radius 2 is 2.24 bits per heavy atom. The number of ether oxygens (including phenoxy) is 1. The Bertz CT molecular complexity index is 689. The largest absolute Gasteiger partial charge is 0.461 e. The van der Waals surface area contributed by atoms with Gasteiger partial charge < -0.3 is 10.1 Å². The Hall–Kier alpha value is -2.37. The van der Waals surface area contributed by atoms with E-state index >= 15 is 0 Å². The molecule has 0 aliphatic heterocycles. The minimum atomic E-state index is -0.523. The van der Waals surface area contributed by atoms with Crippen molar-refractivity contribution in [1.82, 2.24) is 9.38 Å². The van der Waals surface area contributed by atoms with Crippen LogP contribution in [0.1, 0.15) is 36.7 Å². The summed E-state index contributed by atoms with van der Waals surface area (Å²) < 4.78 is 6.71. The maximum absolute atomic E-state index is 12.2. The predicted octanol–water partition coefficient (Wildman–Crippen LogP) is 2.25. The molecule has 1 amide bonds. The number of amides is 1. The number of aromatic nitrogens is 2. The number of pyridine rings is 1. The fourth-order valence-electron chi connectivity index (χ4n) is 2.35. The molecule has 0 unspecified atom stereocenters. The molecule has 0 aromatic carbocycles. The minimum absolute atomic E-state index is 0.0364. The number of rotatable bonds is 4. The second-order valence-electron chi connectivity index (χ2n) is 5.08. The van der Waals surface area contributed by atoms with E-state index in [1.54, 1.807) is 23.6 Å². The summed E-state index contributed by atoms with van der Waals surface area (Å²) in [5, 5.41) is 2.84. The van der Waals surface area contributed by atoms with Crippen LogP contribution >= 0.6 is 0 Å². The van der Waals surface area contributed by atoms with Crippen LogP contribution in [0.25, 0.3) is 5.65 Å². The van der Waals surface area contributed by atoms with Crippen LogP contribution in [0.15, 0.2) is 24.4 Å². The minimum Gasteiger partial charge on any atom is -0.461 e.